The van der Waals surface area contributed by atoms with Gasteiger partial charge >= 0.3 is 0 Å². The molecule has 0 unspecified atom stereocenters. The van der Waals surface area contributed by atoms with Crippen molar-refractivity contribution in [2.45, 2.75) is 0 Å². The Hall–Kier alpha value is -1.56. The molecule has 0 N–H and O–H groups in total. The van der Waals surface area contributed by atoms with Crippen molar-refractivity contribution in [3.05, 3.63) is 69.2 Å². The van der Waals surface area contributed by atoms with Crippen molar-refractivity contribution in [1.29, 1.82) is 5.26 Å². The first kappa shape index (κ1) is 12.9. The van der Waals surface area contributed by atoms with Gasteiger partial charge in [0.2, 0.25) is 0 Å². The Morgan fingerprint density at radius 3 is 2.50 bits per heavy atom. The number of halogens is 2. The highest BCUT2D eigenvalue weighted by Gasteiger charge is 2.01. The van der Waals surface area contributed by atoms with Gasteiger partial charge in [0.15, 0.2) is 0 Å². The van der Waals surface area contributed by atoms with Gasteiger partial charge in [-0.3, -0.25) is 0 Å². The Labute approximate surface area is 119 Å². The third-order valence-electron chi connectivity index (χ3n) is 2.44. The van der Waals surface area contributed by atoms with E-state index in [1.807, 2.05) is 54.6 Å². The van der Waals surface area contributed by atoms with Crippen molar-refractivity contribution in [3.8, 4) is 6.07 Å². The van der Waals surface area contributed by atoms with Crippen molar-refractivity contribution < 1.29 is 0 Å². The van der Waals surface area contributed by atoms with Gasteiger partial charge in [-0.15, -0.1) is 0 Å². The molecule has 0 amide bonds. The van der Waals surface area contributed by atoms with Crippen molar-refractivity contribution in [1.82, 2.24) is 0 Å². The lowest BCUT2D eigenvalue weighted by Gasteiger charge is -2.00. The van der Waals surface area contributed by atoms with Gasteiger partial charge in [-0.25, -0.2) is 0 Å². The van der Waals surface area contributed by atoms with Crippen molar-refractivity contribution in [2.75, 3.05) is 0 Å². The summed E-state index contributed by atoms with van der Waals surface area (Å²) in [5.41, 5.74) is 2.42. The second-order valence-electron chi connectivity index (χ2n) is 3.73. The molecule has 0 radical (unpaired) electrons. The highest BCUT2D eigenvalue weighted by Crippen LogP contribution is 2.21. The van der Waals surface area contributed by atoms with Gasteiger partial charge in [0, 0.05) is 9.50 Å². The van der Waals surface area contributed by atoms with E-state index in [9.17, 15) is 5.26 Å². The zero-order valence-corrected chi connectivity index (χ0v) is 11.7. The normalized spacial score (nSPS) is 11.1. The largest absolute Gasteiger partial charge is 0.192 e. The molecule has 0 atom stereocenters. The number of rotatable bonds is 2. The van der Waals surface area contributed by atoms with Crippen LogP contribution in [0.3, 0.4) is 0 Å². The average molecular weight is 319 g/mol. The second kappa shape index (κ2) is 5.86. The summed E-state index contributed by atoms with van der Waals surface area (Å²) in [4.78, 5) is 0. The summed E-state index contributed by atoms with van der Waals surface area (Å²) >= 11 is 9.29. The Bertz CT molecular complexity index is 624. The Morgan fingerprint density at radius 1 is 1.17 bits per heavy atom. The van der Waals surface area contributed by atoms with Crippen LogP contribution in [0.25, 0.3) is 11.6 Å². The fourth-order valence-corrected chi connectivity index (χ4v) is 2.04. The maximum absolute atomic E-state index is 9.22. The summed E-state index contributed by atoms with van der Waals surface area (Å²) in [7, 11) is 0. The van der Waals surface area contributed by atoms with Crippen molar-refractivity contribution in [3.63, 3.8) is 0 Å². The molecular weight excluding hydrogens is 310 g/mol. The molecule has 3 heteroatoms. The maximum Gasteiger partial charge on any atom is 0.0998 e. The summed E-state index contributed by atoms with van der Waals surface area (Å²) in [5.74, 6) is 0. The fourth-order valence-electron chi connectivity index (χ4n) is 1.57. The molecule has 2 rings (SSSR count). The molecule has 2 aromatic carbocycles. The van der Waals surface area contributed by atoms with Crippen LogP contribution in [0.15, 0.2) is 53.0 Å². The van der Waals surface area contributed by atoms with Crippen LogP contribution in [0.5, 0.6) is 0 Å². The fraction of sp³-hybridized carbons (Fsp3) is 0. The van der Waals surface area contributed by atoms with Crippen LogP contribution in [0.2, 0.25) is 5.02 Å². The van der Waals surface area contributed by atoms with Crippen LogP contribution in [-0.2, 0) is 0 Å². The Kier molecular flexibility index (Phi) is 4.19. The van der Waals surface area contributed by atoms with Gasteiger partial charge in [0.05, 0.1) is 11.6 Å². The Morgan fingerprint density at radius 2 is 1.89 bits per heavy atom. The van der Waals surface area contributed by atoms with E-state index in [1.165, 1.54) is 0 Å². The van der Waals surface area contributed by atoms with Crippen molar-refractivity contribution >= 4 is 39.2 Å². The SMILES string of the molecule is N#CC(=Cc1cccc(Cl)c1)c1ccc(Br)cc1. The van der Waals surface area contributed by atoms with E-state index < -0.39 is 0 Å². The van der Waals surface area contributed by atoms with E-state index in [4.69, 9.17) is 11.6 Å². The minimum absolute atomic E-state index is 0.616. The standard InChI is InChI=1S/C15H9BrClN/c16-14-6-4-12(5-7-14)13(10-18)8-11-2-1-3-15(17)9-11/h1-9H. The molecule has 0 aliphatic rings. The van der Waals surface area contributed by atoms with Crippen LogP contribution >= 0.6 is 27.5 Å². The third kappa shape index (κ3) is 3.22. The first-order valence-corrected chi connectivity index (χ1v) is 6.49. The molecule has 0 saturated heterocycles. The number of allylic oxidation sites excluding steroid dienone is 1. The van der Waals surface area contributed by atoms with Gasteiger partial charge in [-0.1, -0.05) is 51.8 Å². The molecule has 0 fully saturated rings. The van der Waals surface area contributed by atoms with E-state index in [1.54, 1.807) is 0 Å². The molecule has 0 spiro atoms. The van der Waals surface area contributed by atoms with E-state index in [0.29, 0.717) is 10.6 Å². The van der Waals surface area contributed by atoms with Crippen LogP contribution < -0.4 is 0 Å². The monoisotopic (exact) mass is 317 g/mol. The molecular formula is C15H9BrClN. The van der Waals surface area contributed by atoms with Crippen LogP contribution in [-0.4, -0.2) is 0 Å². The van der Waals surface area contributed by atoms with Gasteiger partial charge < -0.3 is 0 Å². The summed E-state index contributed by atoms with van der Waals surface area (Å²) < 4.78 is 0.992. The lowest BCUT2D eigenvalue weighted by Crippen LogP contribution is -1.81. The molecule has 0 aliphatic carbocycles. The maximum atomic E-state index is 9.22. The smallest absolute Gasteiger partial charge is 0.0998 e. The lowest BCUT2D eigenvalue weighted by atomic mass is 10.0. The van der Waals surface area contributed by atoms with E-state index in [-0.39, 0.29) is 0 Å². The zero-order chi connectivity index (χ0) is 13.0. The van der Waals surface area contributed by atoms with Gasteiger partial charge in [0.25, 0.3) is 0 Å². The third-order valence-corrected chi connectivity index (χ3v) is 3.20. The molecule has 0 heterocycles. The summed E-state index contributed by atoms with van der Waals surface area (Å²) in [6.45, 7) is 0. The molecule has 88 valence electrons. The molecule has 2 aromatic rings. The molecule has 18 heavy (non-hydrogen) atoms. The second-order valence-corrected chi connectivity index (χ2v) is 5.08. The number of hydrogen-bond acceptors (Lipinski definition) is 1. The predicted octanol–water partition coefficient (Wildman–Crippen LogP) is 5.17. The molecule has 0 aromatic heterocycles. The highest BCUT2D eigenvalue weighted by molar-refractivity contribution is 9.10. The highest BCUT2D eigenvalue weighted by atomic mass is 79.9. The minimum atomic E-state index is 0.616. The van der Waals surface area contributed by atoms with Gasteiger partial charge in [0.1, 0.15) is 0 Å². The topological polar surface area (TPSA) is 23.8 Å². The van der Waals surface area contributed by atoms with E-state index >= 15 is 0 Å². The minimum Gasteiger partial charge on any atom is -0.192 e. The summed E-state index contributed by atoms with van der Waals surface area (Å²) in [5, 5.41) is 9.88. The number of nitriles is 1. The summed E-state index contributed by atoms with van der Waals surface area (Å²) in [6.07, 6.45) is 1.83. The number of benzene rings is 2. The molecule has 0 aliphatic heterocycles. The first-order chi connectivity index (χ1) is 8.69. The van der Waals surface area contributed by atoms with Crippen LogP contribution in [0.1, 0.15) is 11.1 Å². The molecule has 1 nitrogen and oxygen atoms in total. The van der Waals surface area contributed by atoms with Gasteiger partial charge in [-0.05, 0) is 41.5 Å². The first-order valence-electron chi connectivity index (χ1n) is 5.32. The summed E-state index contributed by atoms with van der Waals surface area (Å²) in [6, 6.07) is 17.3. The molecule has 0 saturated carbocycles. The number of nitrogens with zero attached hydrogens (tertiary/aromatic N) is 1. The lowest BCUT2D eigenvalue weighted by molar-refractivity contribution is 1.52. The zero-order valence-electron chi connectivity index (χ0n) is 9.40. The predicted molar refractivity (Wildman–Crippen MR) is 79.1 cm³/mol. The van der Waals surface area contributed by atoms with Crippen LogP contribution in [0, 0.1) is 11.3 Å². The van der Waals surface area contributed by atoms with E-state index in [2.05, 4.69) is 22.0 Å². The molecule has 0 bridgehead atoms. The van der Waals surface area contributed by atoms with Crippen LogP contribution in [0.4, 0.5) is 0 Å². The van der Waals surface area contributed by atoms with Gasteiger partial charge in [-0.2, -0.15) is 5.26 Å². The average Bonchev–Trinajstić information content (AvgIpc) is 2.37. The van der Waals surface area contributed by atoms with E-state index in [0.717, 1.165) is 15.6 Å². The number of hydrogen-bond donors (Lipinski definition) is 0. The van der Waals surface area contributed by atoms with Crippen molar-refractivity contribution in [2.24, 2.45) is 0 Å². The Balaban J connectivity index is 2.40. The quantitative estimate of drug-likeness (QED) is 0.554.